The minimum Gasteiger partial charge on any atom is -0.220 e. The van der Waals surface area contributed by atoms with Gasteiger partial charge in [0, 0.05) is 10.0 Å². The SMILES string of the molecule is Brc1ccc(-n2cc(-c3cccc4nsnc34)nn2)cc1. The van der Waals surface area contributed by atoms with E-state index in [4.69, 9.17) is 0 Å². The molecule has 4 rings (SSSR count). The van der Waals surface area contributed by atoms with Gasteiger partial charge < -0.3 is 0 Å². The van der Waals surface area contributed by atoms with Crippen LogP contribution in [0.25, 0.3) is 28.0 Å². The summed E-state index contributed by atoms with van der Waals surface area (Å²) in [5.41, 5.74) is 4.45. The lowest BCUT2D eigenvalue weighted by atomic mass is 10.1. The van der Waals surface area contributed by atoms with Crippen LogP contribution in [0.5, 0.6) is 0 Å². The molecule has 0 aliphatic heterocycles. The van der Waals surface area contributed by atoms with Crippen molar-refractivity contribution in [2.24, 2.45) is 0 Å². The molecule has 0 radical (unpaired) electrons. The van der Waals surface area contributed by atoms with Crippen LogP contribution in [-0.2, 0) is 0 Å². The van der Waals surface area contributed by atoms with Gasteiger partial charge in [-0.05, 0) is 30.3 Å². The van der Waals surface area contributed by atoms with Gasteiger partial charge in [-0.2, -0.15) is 8.75 Å². The monoisotopic (exact) mass is 357 g/mol. The third-order valence-electron chi connectivity index (χ3n) is 3.15. The Morgan fingerprint density at radius 2 is 1.86 bits per heavy atom. The Bertz CT molecular complexity index is 912. The molecule has 102 valence electrons. The van der Waals surface area contributed by atoms with Crippen molar-refractivity contribution in [3.63, 3.8) is 0 Å². The van der Waals surface area contributed by atoms with E-state index in [-0.39, 0.29) is 0 Å². The van der Waals surface area contributed by atoms with Crippen molar-refractivity contribution in [3.8, 4) is 16.9 Å². The first kappa shape index (κ1) is 12.6. The van der Waals surface area contributed by atoms with E-state index >= 15 is 0 Å². The van der Waals surface area contributed by atoms with Gasteiger partial charge in [-0.3, -0.25) is 0 Å². The van der Waals surface area contributed by atoms with E-state index in [1.54, 1.807) is 4.68 Å². The van der Waals surface area contributed by atoms with Gasteiger partial charge >= 0.3 is 0 Å². The predicted molar refractivity (Wildman–Crippen MR) is 85.5 cm³/mol. The Morgan fingerprint density at radius 1 is 1.00 bits per heavy atom. The van der Waals surface area contributed by atoms with Gasteiger partial charge in [0.05, 0.1) is 23.6 Å². The second-order valence-corrected chi connectivity index (χ2v) is 5.91. The number of fused-ring (bicyclic) bond motifs is 1. The Labute approximate surface area is 132 Å². The van der Waals surface area contributed by atoms with E-state index in [0.29, 0.717) is 0 Å². The Kier molecular flexibility index (Phi) is 3.01. The van der Waals surface area contributed by atoms with E-state index in [2.05, 4.69) is 35.0 Å². The molecule has 5 nitrogen and oxygen atoms in total. The maximum absolute atomic E-state index is 4.34. The van der Waals surface area contributed by atoms with Gasteiger partial charge in [-0.15, -0.1) is 5.10 Å². The number of aromatic nitrogens is 5. The van der Waals surface area contributed by atoms with Crippen LogP contribution in [-0.4, -0.2) is 23.7 Å². The molecule has 2 aromatic carbocycles. The number of hydrogen-bond donors (Lipinski definition) is 0. The summed E-state index contributed by atoms with van der Waals surface area (Å²) in [5, 5.41) is 8.44. The van der Waals surface area contributed by atoms with Crippen LogP contribution in [0.2, 0.25) is 0 Å². The van der Waals surface area contributed by atoms with Crippen LogP contribution < -0.4 is 0 Å². The summed E-state index contributed by atoms with van der Waals surface area (Å²) in [6.07, 6.45) is 1.90. The smallest absolute Gasteiger partial charge is 0.115 e. The molecular weight excluding hydrogens is 350 g/mol. The molecule has 0 saturated carbocycles. The van der Waals surface area contributed by atoms with Gasteiger partial charge in [0.15, 0.2) is 0 Å². The molecule has 0 spiro atoms. The highest BCUT2D eigenvalue weighted by Gasteiger charge is 2.11. The van der Waals surface area contributed by atoms with Crippen molar-refractivity contribution in [2.45, 2.75) is 0 Å². The molecule has 21 heavy (non-hydrogen) atoms. The maximum Gasteiger partial charge on any atom is 0.115 e. The standard InChI is InChI=1S/C14H8BrN5S/c15-9-4-6-10(7-5-9)20-8-13(16-19-20)11-2-1-3-12-14(11)18-21-17-12/h1-8H. The van der Waals surface area contributed by atoms with Crippen LogP contribution in [0.4, 0.5) is 0 Å². The third kappa shape index (κ3) is 2.24. The highest BCUT2D eigenvalue weighted by Crippen LogP contribution is 2.26. The lowest BCUT2D eigenvalue weighted by Gasteiger charge is -1.99. The fourth-order valence-corrected chi connectivity index (χ4v) is 2.93. The van der Waals surface area contributed by atoms with Crippen molar-refractivity contribution in [1.82, 2.24) is 23.7 Å². The third-order valence-corrected chi connectivity index (χ3v) is 4.22. The molecule has 0 unspecified atom stereocenters. The second-order valence-electron chi connectivity index (χ2n) is 4.46. The normalized spacial score (nSPS) is 11.1. The summed E-state index contributed by atoms with van der Waals surface area (Å²) in [7, 11) is 0. The fraction of sp³-hybridized carbons (Fsp3) is 0. The van der Waals surface area contributed by atoms with E-state index in [9.17, 15) is 0 Å². The molecule has 0 aliphatic rings. The van der Waals surface area contributed by atoms with E-state index in [1.165, 1.54) is 11.7 Å². The number of benzene rings is 2. The minimum atomic E-state index is 0.788. The number of rotatable bonds is 2. The summed E-state index contributed by atoms with van der Waals surface area (Å²) in [6.45, 7) is 0. The molecule has 7 heteroatoms. The Morgan fingerprint density at radius 3 is 2.71 bits per heavy atom. The molecule has 0 atom stereocenters. The first-order valence-corrected chi connectivity index (χ1v) is 7.73. The highest BCUT2D eigenvalue weighted by atomic mass is 79.9. The van der Waals surface area contributed by atoms with Gasteiger partial charge in [-0.1, -0.05) is 33.3 Å². The maximum atomic E-state index is 4.34. The quantitative estimate of drug-likeness (QED) is 0.548. The topological polar surface area (TPSA) is 56.5 Å². The summed E-state index contributed by atoms with van der Waals surface area (Å²) in [4.78, 5) is 0. The summed E-state index contributed by atoms with van der Waals surface area (Å²) in [6, 6.07) is 13.8. The number of halogens is 1. The summed E-state index contributed by atoms with van der Waals surface area (Å²) < 4.78 is 11.4. The average molecular weight is 358 g/mol. The van der Waals surface area contributed by atoms with Gasteiger partial charge in [0.1, 0.15) is 16.7 Å². The lowest BCUT2D eigenvalue weighted by molar-refractivity contribution is 0.804. The molecule has 2 aromatic heterocycles. The largest absolute Gasteiger partial charge is 0.220 e. The van der Waals surface area contributed by atoms with Crippen molar-refractivity contribution < 1.29 is 0 Å². The van der Waals surface area contributed by atoms with Crippen molar-refractivity contribution in [3.05, 3.63) is 53.1 Å². The van der Waals surface area contributed by atoms with Gasteiger partial charge in [0.2, 0.25) is 0 Å². The Hall–Kier alpha value is -2.12. The summed E-state index contributed by atoms with van der Waals surface area (Å²) >= 11 is 4.63. The average Bonchev–Trinajstić information content (AvgIpc) is 3.16. The predicted octanol–water partition coefficient (Wildman–Crippen LogP) is 3.70. The van der Waals surface area contributed by atoms with Gasteiger partial charge in [-0.25, -0.2) is 4.68 Å². The van der Waals surface area contributed by atoms with Gasteiger partial charge in [0.25, 0.3) is 0 Å². The fourth-order valence-electron chi connectivity index (χ4n) is 2.12. The minimum absolute atomic E-state index is 0.788. The Balaban J connectivity index is 1.81. The van der Waals surface area contributed by atoms with Crippen molar-refractivity contribution >= 4 is 38.7 Å². The zero-order chi connectivity index (χ0) is 14.2. The van der Waals surface area contributed by atoms with Crippen molar-refractivity contribution in [1.29, 1.82) is 0 Å². The molecular formula is C14H8BrN5S. The van der Waals surface area contributed by atoms with Crippen LogP contribution in [0, 0.1) is 0 Å². The molecule has 0 amide bonds. The first-order chi connectivity index (χ1) is 10.3. The molecule has 0 bridgehead atoms. The zero-order valence-electron chi connectivity index (χ0n) is 10.6. The molecule has 2 heterocycles. The van der Waals surface area contributed by atoms with Crippen LogP contribution in [0.3, 0.4) is 0 Å². The first-order valence-electron chi connectivity index (χ1n) is 6.21. The van der Waals surface area contributed by atoms with Crippen LogP contribution in [0.1, 0.15) is 0 Å². The molecule has 0 aliphatic carbocycles. The van der Waals surface area contributed by atoms with Crippen molar-refractivity contribution in [2.75, 3.05) is 0 Å². The lowest BCUT2D eigenvalue weighted by Crippen LogP contribution is -1.93. The van der Waals surface area contributed by atoms with Crippen LogP contribution >= 0.6 is 27.7 Å². The molecule has 0 fully saturated rings. The second kappa shape index (κ2) is 5.01. The number of nitrogens with zero attached hydrogens (tertiary/aromatic N) is 5. The van der Waals surface area contributed by atoms with E-state index in [0.717, 1.165) is 32.5 Å². The van der Waals surface area contributed by atoms with E-state index < -0.39 is 0 Å². The highest BCUT2D eigenvalue weighted by molar-refractivity contribution is 9.10. The van der Waals surface area contributed by atoms with Crippen LogP contribution in [0.15, 0.2) is 53.1 Å². The zero-order valence-corrected chi connectivity index (χ0v) is 13.0. The number of hydrogen-bond acceptors (Lipinski definition) is 5. The van der Waals surface area contributed by atoms with E-state index in [1.807, 2.05) is 48.7 Å². The molecule has 4 aromatic rings. The molecule has 0 saturated heterocycles. The molecule has 0 N–H and O–H groups in total. The summed E-state index contributed by atoms with van der Waals surface area (Å²) in [5.74, 6) is 0.